The van der Waals surface area contributed by atoms with Crippen molar-refractivity contribution in [3.8, 4) is 0 Å². The second kappa shape index (κ2) is 6.68. The number of carbonyl (C=O) groups is 2. The molecule has 2 rings (SSSR count). The number of allylic oxidation sites excluding steroid dienone is 1. The maximum Gasteiger partial charge on any atom is 0.263 e. The minimum atomic E-state index is -0.186. The van der Waals surface area contributed by atoms with Crippen LogP contribution in [0.25, 0.3) is 0 Å². The summed E-state index contributed by atoms with van der Waals surface area (Å²) in [4.78, 5) is 25.5. The van der Waals surface area contributed by atoms with E-state index in [0.717, 1.165) is 0 Å². The number of ketones is 1. The molecule has 0 spiro atoms. The van der Waals surface area contributed by atoms with Crippen LogP contribution in [0.5, 0.6) is 0 Å². The normalized spacial score (nSPS) is 13.8. The molecule has 0 fully saturated rings. The van der Waals surface area contributed by atoms with Gasteiger partial charge in [-0.2, -0.15) is 0 Å². The van der Waals surface area contributed by atoms with Crippen LogP contribution in [-0.4, -0.2) is 30.2 Å². The van der Waals surface area contributed by atoms with Gasteiger partial charge in [0.05, 0.1) is 6.54 Å². The minimum Gasteiger partial charge on any atom is -0.346 e. The molecule has 104 valence electrons. The summed E-state index contributed by atoms with van der Waals surface area (Å²) in [6.45, 7) is 0.219. The number of carbonyl (C=O) groups excluding carboxylic acids is 2. The van der Waals surface area contributed by atoms with Gasteiger partial charge in [0.15, 0.2) is 5.78 Å². The summed E-state index contributed by atoms with van der Waals surface area (Å²) in [6.07, 6.45) is 5.94. The van der Waals surface area contributed by atoms with E-state index in [9.17, 15) is 9.59 Å². The van der Waals surface area contributed by atoms with Crippen molar-refractivity contribution in [3.05, 3.63) is 59.9 Å². The molecule has 1 heterocycles. The highest BCUT2D eigenvalue weighted by molar-refractivity contribution is 5.98. The molecule has 2 N–H and O–H groups in total. The van der Waals surface area contributed by atoms with Crippen LogP contribution in [0, 0.1) is 0 Å². The molecule has 5 nitrogen and oxygen atoms in total. The minimum absolute atomic E-state index is 0.0155. The first-order valence-corrected chi connectivity index (χ1v) is 6.39. The summed E-state index contributed by atoms with van der Waals surface area (Å²) in [5.41, 5.74) is 6.40. The molecule has 0 bridgehead atoms. The fourth-order valence-electron chi connectivity index (χ4n) is 1.94. The summed E-state index contributed by atoms with van der Waals surface area (Å²) < 4.78 is 0. The van der Waals surface area contributed by atoms with Crippen molar-refractivity contribution in [3.63, 3.8) is 0 Å². The third kappa shape index (κ3) is 3.55. The molecule has 1 aliphatic heterocycles. The van der Waals surface area contributed by atoms with E-state index in [4.69, 9.17) is 0 Å². The zero-order valence-electron chi connectivity index (χ0n) is 11.3. The second-order valence-corrected chi connectivity index (χ2v) is 4.41. The number of hydrogen-bond acceptors (Lipinski definition) is 4. The summed E-state index contributed by atoms with van der Waals surface area (Å²) in [5.74, 6) is -0.171. The fraction of sp³-hybridized carbons (Fsp3) is 0.200. The molecule has 5 heteroatoms. The Hall–Kier alpha value is -2.40. The van der Waals surface area contributed by atoms with E-state index < -0.39 is 0 Å². The van der Waals surface area contributed by atoms with Crippen molar-refractivity contribution >= 4 is 11.7 Å². The summed E-state index contributed by atoms with van der Waals surface area (Å²) in [5, 5.41) is 0. The zero-order valence-corrected chi connectivity index (χ0v) is 11.3. The van der Waals surface area contributed by atoms with Crippen LogP contribution >= 0.6 is 0 Å². The molecule has 1 aromatic carbocycles. The summed E-state index contributed by atoms with van der Waals surface area (Å²) in [7, 11) is 1.63. The van der Waals surface area contributed by atoms with E-state index in [1.165, 1.54) is 0 Å². The molecule has 0 aromatic heterocycles. The lowest BCUT2D eigenvalue weighted by Gasteiger charge is -2.20. The number of benzene rings is 1. The van der Waals surface area contributed by atoms with Crippen LogP contribution in [0.4, 0.5) is 0 Å². The number of amides is 1. The lowest BCUT2D eigenvalue weighted by atomic mass is 10.1. The first-order chi connectivity index (χ1) is 9.70. The first kappa shape index (κ1) is 14.0. The highest BCUT2D eigenvalue weighted by Gasteiger charge is 2.15. The maximum absolute atomic E-state index is 12.1. The average molecular weight is 271 g/mol. The molecule has 0 unspecified atom stereocenters. The molecule has 1 aliphatic rings. The molecule has 0 aliphatic carbocycles. The van der Waals surface area contributed by atoms with Gasteiger partial charge < -0.3 is 4.90 Å². The molecule has 0 saturated carbocycles. The van der Waals surface area contributed by atoms with Crippen molar-refractivity contribution in [1.82, 2.24) is 15.8 Å². The van der Waals surface area contributed by atoms with E-state index in [0.29, 0.717) is 17.6 Å². The molecule has 1 aromatic rings. The third-order valence-electron chi connectivity index (χ3n) is 2.91. The van der Waals surface area contributed by atoms with Crippen molar-refractivity contribution in [1.29, 1.82) is 0 Å². The topological polar surface area (TPSA) is 61.4 Å². The average Bonchev–Trinajstić information content (AvgIpc) is 2.48. The standard InChI is InChI=1S/C15H17N3O2/c1-16-17-15(20)13-8-5-9-18(10-13)11-14(19)12-6-3-2-4-7-12/h2-7,9-10,16H,8,11H2,1H3,(H,17,20). The summed E-state index contributed by atoms with van der Waals surface area (Å²) >= 11 is 0. The van der Waals surface area contributed by atoms with Crippen LogP contribution in [-0.2, 0) is 4.79 Å². The number of hydrazine groups is 1. The van der Waals surface area contributed by atoms with E-state index in [-0.39, 0.29) is 18.2 Å². The lowest BCUT2D eigenvalue weighted by molar-refractivity contribution is -0.118. The van der Waals surface area contributed by atoms with Crippen molar-refractivity contribution in [2.45, 2.75) is 6.42 Å². The number of rotatable bonds is 5. The molecule has 1 amide bonds. The Labute approximate surface area is 117 Å². The van der Waals surface area contributed by atoms with Crippen LogP contribution in [0.3, 0.4) is 0 Å². The van der Waals surface area contributed by atoms with Gasteiger partial charge in [-0.1, -0.05) is 36.4 Å². The highest BCUT2D eigenvalue weighted by Crippen LogP contribution is 2.13. The molecule has 0 atom stereocenters. The van der Waals surface area contributed by atoms with Gasteiger partial charge >= 0.3 is 0 Å². The Kier molecular flexibility index (Phi) is 4.68. The van der Waals surface area contributed by atoms with Gasteiger partial charge in [-0.05, 0) is 6.42 Å². The SMILES string of the molecule is CNNC(=O)C1=CN(CC(=O)c2ccccc2)C=CC1. The van der Waals surface area contributed by atoms with Gasteiger partial charge in [-0.25, -0.2) is 5.43 Å². The van der Waals surface area contributed by atoms with E-state index in [2.05, 4.69) is 10.9 Å². The van der Waals surface area contributed by atoms with Crippen molar-refractivity contribution in [2.75, 3.05) is 13.6 Å². The van der Waals surface area contributed by atoms with E-state index in [1.807, 2.05) is 30.5 Å². The Balaban J connectivity index is 2.02. The van der Waals surface area contributed by atoms with Crippen LogP contribution in [0.15, 0.2) is 54.4 Å². The Bertz CT molecular complexity index is 549. The second-order valence-electron chi connectivity index (χ2n) is 4.41. The third-order valence-corrected chi connectivity index (χ3v) is 2.91. The van der Waals surface area contributed by atoms with Gasteiger partial charge in [-0.15, -0.1) is 0 Å². The van der Waals surface area contributed by atoms with Gasteiger partial charge in [0.1, 0.15) is 0 Å². The zero-order chi connectivity index (χ0) is 14.4. The Morgan fingerprint density at radius 3 is 2.70 bits per heavy atom. The van der Waals surface area contributed by atoms with Gasteiger partial charge in [0.25, 0.3) is 5.91 Å². The Morgan fingerprint density at radius 1 is 1.25 bits per heavy atom. The first-order valence-electron chi connectivity index (χ1n) is 6.39. The number of nitrogens with zero attached hydrogens (tertiary/aromatic N) is 1. The lowest BCUT2D eigenvalue weighted by Crippen LogP contribution is -2.36. The highest BCUT2D eigenvalue weighted by atomic mass is 16.2. The van der Waals surface area contributed by atoms with Crippen molar-refractivity contribution < 1.29 is 9.59 Å². The predicted molar refractivity (Wildman–Crippen MR) is 76.5 cm³/mol. The smallest absolute Gasteiger partial charge is 0.263 e. The van der Waals surface area contributed by atoms with Gasteiger partial charge in [-0.3, -0.25) is 15.0 Å². The van der Waals surface area contributed by atoms with Gasteiger partial charge in [0.2, 0.25) is 0 Å². The van der Waals surface area contributed by atoms with Crippen LogP contribution in [0.2, 0.25) is 0 Å². The fourth-order valence-corrected chi connectivity index (χ4v) is 1.94. The Morgan fingerprint density at radius 2 is 2.00 bits per heavy atom. The summed E-state index contributed by atoms with van der Waals surface area (Å²) in [6, 6.07) is 9.11. The van der Waals surface area contributed by atoms with E-state index in [1.54, 1.807) is 30.3 Å². The molecular weight excluding hydrogens is 254 g/mol. The van der Waals surface area contributed by atoms with Crippen LogP contribution in [0.1, 0.15) is 16.8 Å². The molecule has 0 radical (unpaired) electrons. The molecule has 0 saturated heterocycles. The molecule has 20 heavy (non-hydrogen) atoms. The number of Topliss-reactive ketones (excluding diaryl/α,β-unsaturated/α-hetero) is 1. The van der Waals surface area contributed by atoms with E-state index >= 15 is 0 Å². The van der Waals surface area contributed by atoms with Crippen LogP contribution < -0.4 is 10.9 Å². The van der Waals surface area contributed by atoms with Gasteiger partial charge in [0, 0.05) is 30.6 Å². The van der Waals surface area contributed by atoms with Crippen molar-refractivity contribution in [2.24, 2.45) is 0 Å². The largest absolute Gasteiger partial charge is 0.346 e. The predicted octanol–water partition coefficient (Wildman–Crippen LogP) is 1.22. The number of hydrogen-bond donors (Lipinski definition) is 2. The maximum atomic E-state index is 12.1. The molecular formula is C15H17N3O2. The quantitative estimate of drug-likeness (QED) is 0.624. The number of nitrogens with one attached hydrogen (secondary N) is 2. The monoisotopic (exact) mass is 271 g/mol.